The Labute approximate surface area is 156 Å². The molecular formula is C19H32N4O3. The molecule has 1 saturated heterocycles. The maximum Gasteiger partial charge on any atom is 0.273 e. The number of carbonyl (C=O) groups excluding carboxylic acids is 1. The predicted molar refractivity (Wildman–Crippen MR) is 101 cm³/mol. The molecule has 1 aliphatic heterocycles. The van der Waals surface area contributed by atoms with Crippen molar-refractivity contribution in [3.05, 3.63) is 30.5 Å². The Kier molecular flexibility index (Phi) is 8.28. The van der Waals surface area contributed by atoms with E-state index in [1.807, 2.05) is 19.9 Å². The lowest BCUT2D eigenvalue weighted by Gasteiger charge is -2.34. The number of aromatic nitrogens is 1. The summed E-state index contributed by atoms with van der Waals surface area (Å²) in [5.74, 6) is 0.381. The molecule has 0 spiro atoms. The largest absolute Gasteiger partial charge is 0.447 e. The van der Waals surface area contributed by atoms with Crippen molar-refractivity contribution < 1.29 is 14.3 Å². The van der Waals surface area contributed by atoms with Gasteiger partial charge in [0.15, 0.2) is 5.69 Å². The third-order valence-electron chi connectivity index (χ3n) is 4.77. The molecule has 1 aromatic rings. The molecular weight excluding hydrogens is 332 g/mol. The summed E-state index contributed by atoms with van der Waals surface area (Å²) in [6.45, 7) is 12.6. The van der Waals surface area contributed by atoms with Gasteiger partial charge in [-0.15, -0.1) is 6.58 Å². The van der Waals surface area contributed by atoms with Gasteiger partial charge in [0.2, 0.25) is 5.89 Å². The highest BCUT2D eigenvalue weighted by Gasteiger charge is 2.21. The minimum absolute atomic E-state index is 0.123. The summed E-state index contributed by atoms with van der Waals surface area (Å²) in [5, 5.41) is 12.9. The zero-order valence-corrected chi connectivity index (χ0v) is 16.0. The molecule has 0 bridgehead atoms. The molecule has 0 radical (unpaired) electrons. The molecule has 26 heavy (non-hydrogen) atoms. The SMILES string of the molecule is C=CCC[C@H](O)CN1CCN(Cc2nc(C(=O)N[C@@H](C)CC)co2)CC1. The summed E-state index contributed by atoms with van der Waals surface area (Å²) in [4.78, 5) is 20.9. The van der Waals surface area contributed by atoms with E-state index in [4.69, 9.17) is 4.42 Å². The number of amides is 1. The second-order valence-corrected chi connectivity index (χ2v) is 7.01. The third-order valence-corrected chi connectivity index (χ3v) is 4.77. The highest BCUT2D eigenvalue weighted by Crippen LogP contribution is 2.11. The molecule has 0 aliphatic carbocycles. The first-order chi connectivity index (χ1) is 12.5. The van der Waals surface area contributed by atoms with Crippen molar-refractivity contribution in [1.82, 2.24) is 20.1 Å². The van der Waals surface area contributed by atoms with Crippen LogP contribution in [-0.2, 0) is 6.54 Å². The third kappa shape index (κ3) is 6.55. The van der Waals surface area contributed by atoms with Crippen LogP contribution in [0.25, 0.3) is 0 Å². The molecule has 7 nitrogen and oxygen atoms in total. The highest BCUT2D eigenvalue weighted by atomic mass is 16.3. The van der Waals surface area contributed by atoms with Crippen LogP contribution < -0.4 is 5.32 Å². The Morgan fingerprint density at radius 2 is 2.12 bits per heavy atom. The van der Waals surface area contributed by atoms with Crippen molar-refractivity contribution in [3.63, 3.8) is 0 Å². The average Bonchev–Trinajstić information content (AvgIpc) is 3.10. The molecule has 1 amide bonds. The number of carbonyl (C=O) groups is 1. The Bertz CT molecular complexity index is 567. The van der Waals surface area contributed by atoms with Crippen molar-refractivity contribution in [3.8, 4) is 0 Å². The number of hydrogen-bond acceptors (Lipinski definition) is 6. The first-order valence-electron chi connectivity index (χ1n) is 9.50. The number of β-amino-alcohol motifs (C(OH)–C–C–N with tert-alkyl or cyclic N) is 1. The second-order valence-electron chi connectivity index (χ2n) is 7.01. The summed E-state index contributed by atoms with van der Waals surface area (Å²) >= 11 is 0. The fourth-order valence-electron chi connectivity index (χ4n) is 2.91. The number of hydrogen-bond donors (Lipinski definition) is 2. The minimum Gasteiger partial charge on any atom is -0.447 e. The molecule has 0 unspecified atom stereocenters. The van der Waals surface area contributed by atoms with Crippen molar-refractivity contribution in [2.24, 2.45) is 0 Å². The first-order valence-corrected chi connectivity index (χ1v) is 9.50. The number of rotatable bonds is 10. The van der Waals surface area contributed by atoms with Crippen LogP contribution in [0.5, 0.6) is 0 Å². The van der Waals surface area contributed by atoms with Gasteiger partial charge >= 0.3 is 0 Å². The standard InChI is InChI=1S/C19H32N4O3/c1-4-6-7-16(24)12-22-8-10-23(11-9-22)13-18-21-17(14-26-18)19(25)20-15(3)5-2/h4,14-16,24H,1,5-13H2,2-3H3,(H,20,25)/t15-,16-/m0/s1. The Morgan fingerprint density at radius 1 is 1.42 bits per heavy atom. The summed E-state index contributed by atoms with van der Waals surface area (Å²) in [5.41, 5.74) is 0.337. The van der Waals surface area contributed by atoms with E-state index in [9.17, 15) is 9.90 Å². The van der Waals surface area contributed by atoms with Crippen LogP contribution in [0.15, 0.2) is 23.3 Å². The van der Waals surface area contributed by atoms with Crippen molar-refractivity contribution in [1.29, 1.82) is 0 Å². The van der Waals surface area contributed by atoms with Gasteiger partial charge in [-0.1, -0.05) is 13.0 Å². The number of nitrogens with zero attached hydrogens (tertiary/aromatic N) is 3. The van der Waals surface area contributed by atoms with Gasteiger partial charge in [0, 0.05) is 38.8 Å². The maximum absolute atomic E-state index is 12.1. The molecule has 2 atom stereocenters. The van der Waals surface area contributed by atoms with Gasteiger partial charge < -0.3 is 14.8 Å². The van der Waals surface area contributed by atoms with Gasteiger partial charge in [-0.05, 0) is 26.2 Å². The first kappa shape index (κ1) is 20.6. The van der Waals surface area contributed by atoms with Gasteiger partial charge in [0.25, 0.3) is 5.91 Å². The molecule has 0 aromatic carbocycles. The summed E-state index contributed by atoms with van der Waals surface area (Å²) in [6, 6.07) is 0.123. The maximum atomic E-state index is 12.1. The van der Waals surface area contributed by atoms with E-state index >= 15 is 0 Å². The van der Waals surface area contributed by atoms with Crippen molar-refractivity contribution >= 4 is 5.91 Å². The fraction of sp³-hybridized carbons (Fsp3) is 0.684. The van der Waals surface area contributed by atoms with Crippen LogP contribution in [0, 0.1) is 0 Å². The molecule has 1 aromatic heterocycles. The Morgan fingerprint density at radius 3 is 2.77 bits per heavy atom. The monoisotopic (exact) mass is 364 g/mol. The predicted octanol–water partition coefficient (Wildman–Crippen LogP) is 1.65. The van der Waals surface area contributed by atoms with Gasteiger partial charge in [-0.3, -0.25) is 14.6 Å². The van der Waals surface area contributed by atoms with Gasteiger partial charge in [-0.25, -0.2) is 4.98 Å². The van der Waals surface area contributed by atoms with E-state index in [-0.39, 0.29) is 18.1 Å². The lowest BCUT2D eigenvalue weighted by atomic mass is 10.1. The average molecular weight is 364 g/mol. The van der Waals surface area contributed by atoms with E-state index in [0.29, 0.717) is 24.7 Å². The molecule has 2 heterocycles. The molecule has 2 rings (SSSR count). The molecule has 1 fully saturated rings. The number of oxazole rings is 1. The summed E-state index contributed by atoms with van der Waals surface area (Å²) in [6.07, 6.45) is 5.47. The molecule has 0 saturated carbocycles. The second kappa shape index (κ2) is 10.4. The quantitative estimate of drug-likeness (QED) is 0.615. The fourth-order valence-corrected chi connectivity index (χ4v) is 2.91. The summed E-state index contributed by atoms with van der Waals surface area (Å²) in [7, 11) is 0. The highest BCUT2D eigenvalue weighted by molar-refractivity contribution is 5.92. The Balaban J connectivity index is 1.74. The lowest BCUT2D eigenvalue weighted by molar-refractivity contribution is 0.0642. The van der Waals surface area contributed by atoms with Crippen LogP contribution in [0.3, 0.4) is 0 Å². The number of nitrogens with one attached hydrogen (secondary N) is 1. The van der Waals surface area contributed by atoms with Gasteiger partial charge in [0.05, 0.1) is 12.6 Å². The molecule has 1 aliphatic rings. The number of allylic oxidation sites excluding steroid dienone is 1. The van der Waals surface area contributed by atoms with E-state index in [1.54, 1.807) is 0 Å². The van der Waals surface area contributed by atoms with E-state index in [0.717, 1.165) is 45.4 Å². The van der Waals surface area contributed by atoms with E-state index < -0.39 is 0 Å². The molecule has 7 heteroatoms. The van der Waals surface area contributed by atoms with Crippen molar-refractivity contribution in [2.45, 2.75) is 51.8 Å². The van der Waals surface area contributed by atoms with Crippen LogP contribution in [0.2, 0.25) is 0 Å². The van der Waals surface area contributed by atoms with Crippen LogP contribution in [-0.4, -0.2) is 70.7 Å². The van der Waals surface area contributed by atoms with Gasteiger partial charge in [-0.2, -0.15) is 0 Å². The zero-order valence-electron chi connectivity index (χ0n) is 16.0. The number of aliphatic hydroxyl groups excluding tert-OH is 1. The van der Waals surface area contributed by atoms with E-state index in [1.165, 1.54) is 6.26 Å². The Hall–Kier alpha value is -1.70. The van der Waals surface area contributed by atoms with Crippen LogP contribution >= 0.6 is 0 Å². The number of aliphatic hydroxyl groups is 1. The smallest absolute Gasteiger partial charge is 0.273 e. The van der Waals surface area contributed by atoms with Crippen LogP contribution in [0.4, 0.5) is 0 Å². The summed E-state index contributed by atoms with van der Waals surface area (Å²) < 4.78 is 5.46. The minimum atomic E-state index is -0.294. The molecule has 146 valence electrons. The lowest BCUT2D eigenvalue weighted by Crippen LogP contribution is -2.48. The van der Waals surface area contributed by atoms with Crippen molar-refractivity contribution in [2.75, 3.05) is 32.7 Å². The van der Waals surface area contributed by atoms with Gasteiger partial charge in [0.1, 0.15) is 6.26 Å². The normalized spacial score (nSPS) is 18.4. The number of piperazine rings is 1. The zero-order chi connectivity index (χ0) is 18.9. The van der Waals surface area contributed by atoms with E-state index in [2.05, 4.69) is 26.7 Å². The topological polar surface area (TPSA) is 81.8 Å². The van der Waals surface area contributed by atoms with Crippen LogP contribution in [0.1, 0.15) is 49.5 Å². The molecule has 2 N–H and O–H groups in total.